The number of benzene rings is 2. The van der Waals surface area contributed by atoms with E-state index in [1.165, 1.54) is 11.1 Å². The minimum Gasteiger partial charge on any atom is -0.483 e. The second-order valence-corrected chi connectivity index (χ2v) is 6.27. The molecule has 2 aromatic rings. The van der Waals surface area contributed by atoms with Crippen LogP contribution in [0.3, 0.4) is 0 Å². The molecule has 0 spiro atoms. The van der Waals surface area contributed by atoms with Crippen molar-refractivity contribution < 1.29 is 9.53 Å². The average Bonchev–Trinajstić information content (AvgIpc) is 2.56. The Morgan fingerprint density at radius 2 is 2.04 bits per heavy atom. The van der Waals surface area contributed by atoms with E-state index in [2.05, 4.69) is 23.5 Å². The Kier molecular flexibility index (Phi) is 4.65. The number of ether oxygens (including phenoxy) is 1. The first-order chi connectivity index (χ1) is 11.1. The third-order valence-corrected chi connectivity index (χ3v) is 4.41. The molecule has 1 aliphatic carbocycles. The van der Waals surface area contributed by atoms with E-state index in [0.717, 1.165) is 36.1 Å². The Morgan fingerprint density at radius 1 is 1.22 bits per heavy atom. The summed E-state index contributed by atoms with van der Waals surface area (Å²) in [6.07, 6.45) is 3.20. The molecule has 0 bridgehead atoms. The summed E-state index contributed by atoms with van der Waals surface area (Å²) in [6, 6.07) is 14.5. The van der Waals surface area contributed by atoms with Crippen LogP contribution >= 0.6 is 0 Å². The SMILES string of the molecule is Cc1ccc(C)c(OCC(=O)NC2CCCc3ccccc32)c1. The van der Waals surface area contributed by atoms with Gasteiger partial charge in [0.25, 0.3) is 5.91 Å². The number of amides is 1. The van der Waals surface area contributed by atoms with Crippen molar-refractivity contribution in [3.8, 4) is 5.75 Å². The molecule has 1 unspecified atom stereocenters. The van der Waals surface area contributed by atoms with Gasteiger partial charge >= 0.3 is 0 Å². The number of carbonyl (C=O) groups excluding carboxylic acids is 1. The number of hydrogen-bond acceptors (Lipinski definition) is 2. The van der Waals surface area contributed by atoms with Gasteiger partial charge in [-0.3, -0.25) is 4.79 Å². The summed E-state index contributed by atoms with van der Waals surface area (Å²) in [4.78, 5) is 12.3. The molecule has 0 aliphatic heterocycles. The van der Waals surface area contributed by atoms with Crippen molar-refractivity contribution >= 4 is 5.91 Å². The maximum absolute atomic E-state index is 12.3. The molecular formula is C20H23NO2. The summed E-state index contributed by atoms with van der Waals surface area (Å²) < 4.78 is 5.70. The van der Waals surface area contributed by atoms with Crippen molar-refractivity contribution in [1.29, 1.82) is 0 Å². The largest absolute Gasteiger partial charge is 0.483 e. The third kappa shape index (κ3) is 3.73. The molecule has 120 valence electrons. The Bertz CT molecular complexity index is 709. The minimum atomic E-state index is -0.0624. The standard InChI is InChI=1S/C20H23NO2/c1-14-10-11-15(2)19(12-14)23-13-20(22)21-18-9-5-7-16-6-3-4-8-17(16)18/h3-4,6,8,10-12,18H,5,7,9,13H2,1-2H3,(H,21,22). The van der Waals surface area contributed by atoms with Crippen LogP contribution in [0.4, 0.5) is 0 Å². The van der Waals surface area contributed by atoms with E-state index in [0.29, 0.717) is 0 Å². The maximum atomic E-state index is 12.3. The van der Waals surface area contributed by atoms with E-state index >= 15 is 0 Å². The first kappa shape index (κ1) is 15.6. The van der Waals surface area contributed by atoms with Crippen molar-refractivity contribution in [2.75, 3.05) is 6.61 Å². The van der Waals surface area contributed by atoms with Crippen molar-refractivity contribution in [2.45, 2.75) is 39.2 Å². The Labute approximate surface area is 137 Å². The van der Waals surface area contributed by atoms with Gasteiger partial charge in [-0.2, -0.15) is 0 Å². The van der Waals surface area contributed by atoms with Gasteiger partial charge in [-0.1, -0.05) is 36.4 Å². The van der Waals surface area contributed by atoms with Crippen LogP contribution in [0.1, 0.15) is 41.1 Å². The van der Waals surface area contributed by atoms with Gasteiger partial charge in [-0.05, 0) is 61.4 Å². The molecule has 2 aromatic carbocycles. The Morgan fingerprint density at radius 3 is 2.91 bits per heavy atom. The van der Waals surface area contributed by atoms with E-state index in [1.807, 2.05) is 38.1 Å². The summed E-state index contributed by atoms with van der Waals surface area (Å²) in [5.74, 6) is 0.719. The lowest BCUT2D eigenvalue weighted by atomic mass is 9.88. The zero-order valence-electron chi connectivity index (χ0n) is 13.8. The molecule has 23 heavy (non-hydrogen) atoms. The molecule has 3 heteroatoms. The fourth-order valence-electron chi connectivity index (χ4n) is 3.15. The quantitative estimate of drug-likeness (QED) is 0.931. The fraction of sp³-hybridized carbons (Fsp3) is 0.350. The molecule has 0 heterocycles. The minimum absolute atomic E-state index is 0.0585. The number of carbonyl (C=O) groups is 1. The smallest absolute Gasteiger partial charge is 0.258 e. The van der Waals surface area contributed by atoms with E-state index in [1.54, 1.807) is 0 Å². The van der Waals surface area contributed by atoms with Crippen molar-refractivity contribution in [1.82, 2.24) is 5.32 Å². The predicted molar refractivity (Wildman–Crippen MR) is 91.7 cm³/mol. The van der Waals surface area contributed by atoms with Crippen LogP contribution in [0.2, 0.25) is 0 Å². The highest BCUT2D eigenvalue weighted by Crippen LogP contribution is 2.29. The molecule has 0 saturated carbocycles. The number of hydrogen-bond donors (Lipinski definition) is 1. The van der Waals surface area contributed by atoms with Gasteiger partial charge < -0.3 is 10.1 Å². The van der Waals surface area contributed by atoms with Gasteiger partial charge in [0.1, 0.15) is 5.75 Å². The van der Waals surface area contributed by atoms with Gasteiger partial charge in [0, 0.05) is 0 Å². The van der Waals surface area contributed by atoms with Crippen molar-refractivity contribution in [3.63, 3.8) is 0 Å². The van der Waals surface area contributed by atoms with Crippen LogP contribution in [0.5, 0.6) is 5.75 Å². The molecule has 3 rings (SSSR count). The van der Waals surface area contributed by atoms with E-state index < -0.39 is 0 Å². The highest BCUT2D eigenvalue weighted by atomic mass is 16.5. The van der Waals surface area contributed by atoms with E-state index in [4.69, 9.17) is 4.74 Å². The van der Waals surface area contributed by atoms with E-state index in [-0.39, 0.29) is 18.6 Å². The lowest BCUT2D eigenvalue weighted by Gasteiger charge is -2.26. The Hall–Kier alpha value is -2.29. The van der Waals surface area contributed by atoms with Crippen molar-refractivity contribution in [3.05, 3.63) is 64.7 Å². The summed E-state index contributed by atoms with van der Waals surface area (Å²) in [7, 11) is 0. The van der Waals surface area contributed by atoms with Gasteiger partial charge in [-0.15, -0.1) is 0 Å². The summed E-state index contributed by atoms with van der Waals surface area (Å²) >= 11 is 0. The lowest BCUT2D eigenvalue weighted by Crippen LogP contribution is -2.34. The summed E-state index contributed by atoms with van der Waals surface area (Å²) in [5.41, 5.74) is 4.77. The molecule has 0 fully saturated rings. The molecular weight excluding hydrogens is 286 g/mol. The number of nitrogens with one attached hydrogen (secondary N) is 1. The highest BCUT2D eigenvalue weighted by Gasteiger charge is 2.21. The van der Waals surface area contributed by atoms with E-state index in [9.17, 15) is 4.79 Å². The number of aryl methyl sites for hydroxylation is 3. The third-order valence-electron chi connectivity index (χ3n) is 4.41. The molecule has 1 N–H and O–H groups in total. The normalized spacial score (nSPS) is 16.5. The van der Waals surface area contributed by atoms with Gasteiger partial charge in [-0.25, -0.2) is 0 Å². The summed E-state index contributed by atoms with van der Waals surface area (Å²) in [5, 5.41) is 3.12. The second kappa shape index (κ2) is 6.86. The van der Waals surface area contributed by atoms with Crippen LogP contribution in [-0.4, -0.2) is 12.5 Å². The molecule has 1 amide bonds. The van der Waals surface area contributed by atoms with Crippen LogP contribution in [0.25, 0.3) is 0 Å². The molecule has 0 saturated heterocycles. The topological polar surface area (TPSA) is 38.3 Å². The van der Waals surface area contributed by atoms with Crippen molar-refractivity contribution in [2.24, 2.45) is 0 Å². The lowest BCUT2D eigenvalue weighted by molar-refractivity contribution is -0.124. The zero-order valence-corrected chi connectivity index (χ0v) is 13.8. The predicted octanol–water partition coefficient (Wildman–Crippen LogP) is 3.88. The van der Waals surface area contributed by atoms with Crippen LogP contribution in [0.15, 0.2) is 42.5 Å². The maximum Gasteiger partial charge on any atom is 0.258 e. The van der Waals surface area contributed by atoms with Gasteiger partial charge in [0.15, 0.2) is 6.61 Å². The number of rotatable bonds is 4. The molecule has 1 aliphatic rings. The molecule has 0 aromatic heterocycles. The Balaban J connectivity index is 1.61. The molecule has 3 nitrogen and oxygen atoms in total. The monoisotopic (exact) mass is 309 g/mol. The van der Waals surface area contributed by atoms with Crippen LogP contribution in [0, 0.1) is 13.8 Å². The molecule has 1 atom stereocenters. The first-order valence-electron chi connectivity index (χ1n) is 8.21. The second-order valence-electron chi connectivity index (χ2n) is 6.27. The van der Waals surface area contributed by atoms with Crippen LogP contribution < -0.4 is 10.1 Å². The van der Waals surface area contributed by atoms with Crippen LogP contribution in [-0.2, 0) is 11.2 Å². The summed E-state index contributed by atoms with van der Waals surface area (Å²) in [6.45, 7) is 4.07. The van der Waals surface area contributed by atoms with Gasteiger partial charge in [0.05, 0.1) is 6.04 Å². The average molecular weight is 309 g/mol. The highest BCUT2D eigenvalue weighted by molar-refractivity contribution is 5.78. The number of fused-ring (bicyclic) bond motifs is 1. The first-order valence-corrected chi connectivity index (χ1v) is 8.21. The molecule has 0 radical (unpaired) electrons. The van der Waals surface area contributed by atoms with Gasteiger partial charge in [0.2, 0.25) is 0 Å². The zero-order chi connectivity index (χ0) is 16.2. The fourth-order valence-corrected chi connectivity index (χ4v) is 3.15.